The van der Waals surface area contributed by atoms with Crippen LogP contribution in [0.1, 0.15) is 36.8 Å². The van der Waals surface area contributed by atoms with Crippen molar-refractivity contribution in [2.45, 2.75) is 50.6 Å². The van der Waals surface area contributed by atoms with Gasteiger partial charge in [0, 0.05) is 37.1 Å². The van der Waals surface area contributed by atoms with Crippen molar-refractivity contribution >= 4 is 11.8 Å². The molecule has 2 N–H and O–H groups in total. The first-order chi connectivity index (χ1) is 15.2. The third kappa shape index (κ3) is 6.17. The molecule has 0 radical (unpaired) electrons. The SMILES string of the molecule is O=C1N[C@@H](Cc2ccccc2)CC1CCOCCC1C[C@H](Cc2ccccc2)NC1=O. The summed E-state index contributed by atoms with van der Waals surface area (Å²) in [5.74, 6) is 0.337. The number of carbonyl (C=O) groups excluding carboxylic acids is 2. The molecule has 2 aliphatic heterocycles. The molecule has 2 aliphatic rings. The Kier molecular flexibility index (Phi) is 7.36. The lowest BCUT2D eigenvalue weighted by Gasteiger charge is -2.11. The van der Waals surface area contributed by atoms with Crippen molar-refractivity contribution in [3.63, 3.8) is 0 Å². The van der Waals surface area contributed by atoms with Crippen LogP contribution in [0.2, 0.25) is 0 Å². The van der Waals surface area contributed by atoms with Gasteiger partial charge in [-0.1, -0.05) is 60.7 Å². The second-order valence-electron chi connectivity index (χ2n) is 8.85. The monoisotopic (exact) mass is 420 g/mol. The Bertz CT molecular complexity index is 784. The highest BCUT2D eigenvalue weighted by molar-refractivity contribution is 5.81. The molecule has 0 saturated carbocycles. The minimum Gasteiger partial charge on any atom is -0.381 e. The van der Waals surface area contributed by atoms with Crippen LogP contribution in [0.25, 0.3) is 0 Å². The topological polar surface area (TPSA) is 67.4 Å². The van der Waals surface area contributed by atoms with E-state index in [9.17, 15) is 9.59 Å². The maximum Gasteiger partial charge on any atom is 0.223 e. The van der Waals surface area contributed by atoms with E-state index in [1.807, 2.05) is 36.4 Å². The van der Waals surface area contributed by atoms with Gasteiger partial charge in [-0.2, -0.15) is 0 Å². The van der Waals surface area contributed by atoms with E-state index < -0.39 is 0 Å². The van der Waals surface area contributed by atoms with E-state index >= 15 is 0 Å². The predicted octanol–water partition coefficient (Wildman–Crippen LogP) is 3.28. The number of carbonyl (C=O) groups is 2. The highest BCUT2D eigenvalue weighted by Gasteiger charge is 2.32. The number of rotatable bonds is 10. The lowest BCUT2D eigenvalue weighted by Crippen LogP contribution is -2.28. The number of ether oxygens (including phenoxy) is 1. The molecule has 2 aromatic carbocycles. The van der Waals surface area contributed by atoms with Crippen LogP contribution in [0.5, 0.6) is 0 Å². The third-order valence-corrected chi connectivity index (χ3v) is 6.44. The lowest BCUT2D eigenvalue weighted by molar-refractivity contribution is -0.123. The summed E-state index contributed by atoms with van der Waals surface area (Å²) in [6, 6.07) is 21.0. The quantitative estimate of drug-likeness (QED) is 0.580. The molecule has 2 heterocycles. The zero-order valence-corrected chi connectivity index (χ0v) is 18.0. The molecule has 2 saturated heterocycles. The van der Waals surface area contributed by atoms with Crippen LogP contribution in [0, 0.1) is 11.8 Å². The first kappa shape index (κ1) is 21.6. The fourth-order valence-corrected chi connectivity index (χ4v) is 4.77. The zero-order chi connectivity index (χ0) is 21.5. The van der Waals surface area contributed by atoms with E-state index in [2.05, 4.69) is 34.9 Å². The molecule has 2 aromatic rings. The first-order valence-electron chi connectivity index (χ1n) is 11.4. The summed E-state index contributed by atoms with van der Waals surface area (Å²) in [4.78, 5) is 24.5. The van der Waals surface area contributed by atoms with E-state index in [1.54, 1.807) is 0 Å². The second kappa shape index (κ2) is 10.6. The largest absolute Gasteiger partial charge is 0.381 e. The van der Waals surface area contributed by atoms with Gasteiger partial charge in [-0.3, -0.25) is 9.59 Å². The number of hydrogen-bond acceptors (Lipinski definition) is 3. The van der Waals surface area contributed by atoms with Crippen molar-refractivity contribution in [3.8, 4) is 0 Å². The summed E-state index contributed by atoms with van der Waals surface area (Å²) in [5.41, 5.74) is 2.51. The van der Waals surface area contributed by atoms with Gasteiger partial charge in [-0.15, -0.1) is 0 Å². The van der Waals surface area contributed by atoms with E-state index in [-0.39, 0.29) is 35.7 Å². The van der Waals surface area contributed by atoms with Crippen LogP contribution >= 0.6 is 0 Å². The molecule has 31 heavy (non-hydrogen) atoms. The van der Waals surface area contributed by atoms with Crippen molar-refractivity contribution in [1.82, 2.24) is 10.6 Å². The summed E-state index contributed by atoms with van der Waals surface area (Å²) in [5, 5.41) is 6.24. The minimum absolute atomic E-state index is 0.0266. The molecule has 0 aromatic heterocycles. The molecular weight excluding hydrogens is 388 g/mol. The summed E-state index contributed by atoms with van der Waals surface area (Å²) in [7, 11) is 0. The molecule has 0 bridgehead atoms. The fourth-order valence-electron chi connectivity index (χ4n) is 4.77. The maximum atomic E-state index is 12.3. The summed E-state index contributed by atoms with van der Waals surface area (Å²) < 4.78 is 5.80. The molecule has 2 unspecified atom stereocenters. The molecular formula is C26H32N2O3. The Morgan fingerprint density at radius 3 is 1.52 bits per heavy atom. The molecule has 0 spiro atoms. The van der Waals surface area contributed by atoms with Gasteiger partial charge in [0.1, 0.15) is 0 Å². The minimum atomic E-state index is 0.0266. The predicted molar refractivity (Wildman–Crippen MR) is 120 cm³/mol. The Labute approximate surface area is 184 Å². The van der Waals surface area contributed by atoms with Gasteiger partial charge in [-0.05, 0) is 49.7 Å². The molecule has 0 aliphatic carbocycles. The Balaban J connectivity index is 1.11. The normalized spacial score (nSPS) is 25.4. The maximum absolute atomic E-state index is 12.3. The van der Waals surface area contributed by atoms with Gasteiger partial charge in [0.25, 0.3) is 0 Å². The number of hydrogen-bond donors (Lipinski definition) is 2. The van der Waals surface area contributed by atoms with Crippen LogP contribution in [0.3, 0.4) is 0 Å². The summed E-state index contributed by atoms with van der Waals surface area (Å²) in [6.45, 7) is 1.13. The fraction of sp³-hybridized carbons (Fsp3) is 0.462. The van der Waals surface area contributed by atoms with Crippen LogP contribution in [0.15, 0.2) is 60.7 Å². The lowest BCUT2D eigenvalue weighted by atomic mass is 9.97. The van der Waals surface area contributed by atoms with Gasteiger partial charge in [0.05, 0.1) is 0 Å². The number of nitrogens with one attached hydrogen (secondary N) is 2. The van der Waals surface area contributed by atoms with E-state index in [0.29, 0.717) is 13.2 Å². The molecule has 5 nitrogen and oxygen atoms in total. The molecule has 4 atom stereocenters. The van der Waals surface area contributed by atoms with E-state index in [0.717, 1.165) is 38.5 Å². The summed E-state index contributed by atoms with van der Waals surface area (Å²) >= 11 is 0. The second-order valence-corrected chi connectivity index (χ2v) is 8.85. The van der Waals surface area contributed by atoms with Crippen LogP contribution in [-0.4, -0.2) is 37.1 Å². The van der Waals surface area contributed by atoms with Crippen molar-refractivity contribution in [3.05, 3.63) is 71.8 Å². The molecule has 4 rings (SSSR count). The number of amides is 2. The number of benzene rings is 2. The smallest absolute Gasteiger partial charge is 0.223 e. The Hall–Kier alpha value is -2.66. The highest BCUT2D eigenvalue weighted by Crippen LogP contribution is 2.23. The molecule has 2 fully saturated rings. The van der Waals surface area contributed by atoms with Crippen molar-refractivity contribution < 1.29 is 14.3 Å². The Morgan fingerprint density at radius 2 is 1.10 bits per heavy atom. The van der Waals surface area contributed by atoms with Gasteiger partial charge in [0.2, 0.25) is 11.8 Å². The average Bonchev–Trinajstić information content (AvgIpc) is 3.30. The highest BCUT2D eigenvalue weighted by atomic mass is 16.5. The van der Waals surface area contributed by atoms with Crippen LogP contribution in [0.4, 0.5) is 0 Å². The summed E-state index contributed by atoms with van der Waals surface area (Å²) in [6.07, 6.45) is 4.97. The van der Waals surface area contributed by atoms with E-state index in [4.69, 9.17) is 4.74 Å². The van der Waals surface area contributed by atoms with E-state index in [1.165, 1.54) is 11.1 Å². The van der Waals surface area contributed by atoms with Crippen molar-refractivity contribution in [2.75, 3.05) is 13.2 Å². The third-order valence-electron chi connectivity index (χ3n) is 6.44. The van der Waals surface area contributed by atoms with Crippen molar-refractivity contribution in [2.24, 2.45) is 11.8 Å². The van der Waals surface area contributed by atoms with Crippen molar-refractivity contribution in [1.29, 1.82) is 0 Å². The molecule has 5 heteroatoms. The average molecular weight is 421 g/mol. The van der Waals surface area contributed by atoms with Crippen LogP contribution in [-0.2, 0) is 27.2 Å². The standard InChI is InChI=1S/C26H32N2O3/c29-25-21(17-23(27-25)15-19-7-3-1-4-8-19)11-13-31-14-12-22-18-24(28-26(22)30)16-20-9-5-2-6-10-20/h1-10,21-24H,11-18H2,(H,27,29)(H,28,30)/t21?,22?,23-,24-/m0/s1. The van der Waals surface area contributed by atoms with Gasteiger partial charge in [0.15, 0.2) is 0 Å². The first-order valence-corrected chi connectivity index (χ1v) is 11.4. The molecule has 2 amide bonds. The Morgan fingerprint density at radius 1 is 0.677 bits per heavy atom. The van der Waals surface area contributed by atoms with Gasteiger partial charge < -0.3 is 15.4 Å². The van der Waals surface area contributed by atoms with Gasteiger partial charge in [-0.25, -0.2) is 0 Å². The van der Waals surface area contributed by atoms with Crippen LogP contribution < -0.4 is 10.6 Å². The van der Waals surface area contributed by atoms with Gasteiger partial charge >= 0.3 is 0 Å². The molecule has 164 valence electrons. The zero-order valence-electron chi connectivity index (χ0n) is 18.0.